The van der Waals surface area contributed by atoms with E-state index >= 15 is 0 Å². The molecule has 3 fully saturated rings. The lowest BCUT2D eigenvalue weighted by Gasteiger charge is -2.40. The SMILES string of the molecule is CCCCC[C@H]1CC[C@H]([C@H]2CC[C@H](C3CCCC(=O)C3)CC2)CC1. The first kappa shape index (κ1) is 18.5. The molecule has 1 heteroatoms. The minimum Gasteiger partial charge on any atom is -0.300 e. The summed E-state index contributed by atoms with van der Waals surface area (Å²) in [5.41, 5.74) is 0. The molecule has 0 aromatic rings. The molecule has 0 radical (unpaired) electrons. The summed E-state index contributed by atoms with van der Waals surface area (Å²) in [4.78, 5) is 11.8. The van der Waals surface area contributed by atoms with Gasteiger partial charge in [-0.05, 0) is 81.0 Å². The molecule has 0 aliphatic heterocycles. The Balaban J connectivity index is 1.36. The molecule has 0 aromatic heterocycles. The number of unbranched alkanes of at least 4 members (excludes halogenated alkanes) is 2. The lowest BCUT2D eigenvalue weighted by Crippen LogP contribution is -2.30. The number of hydrogen-bond donors (Lipinski definition) is 0. The van der Waals surface area contributed by atoms with Crippen molar-refractivity contribution in [2.24, 2.45) is 29.6 Å². The largest absolute Gasteiger partial charge is 0.300 e. The molecule has 1 atom stereocenters. The van der Waals surface area contributed by atoms with Gasteiger partial charge in [0.2, 0.25) is 0 Å². The van der Waals surface area contributed by atoms with Gasteiger partial charge in [0.15, 0.2) is 0 Å². The average molecular weight is 333 g/mol. The maximum atomic E-state index is 11.8. The molecule has 0 saturated heterocycles. The van der Waals surface area contributed by atoms with Gasteiger partial charge in [0.1, 0.15) is 5.78 Å². The first-order valence-corrected chi connectivity index (χ1v) is 11.3. The van der Waals surface area contributed by atoms with Crippen LogP contribution >= 0.6 is 0 Å². The molecule has 1 unspecified atom stereocenters. The zero-order valence-corrected chi connectivity index (χ0v) is 16.1. The van der Waals surface area contributed by atoms with Crippen LogP contribution in [0.1, 0.15) is 110 Å². The number of rotatable bonds is 6. The maximum Gasteiger partial charge on any atom is 0.133 e. The number of ketones is 1. The fourth-order valence-corrected chi connectivity index (χ4v) is 6.18. The highest BCUT2D eigenvalue weighted by atomic mass is 16.1. The van der Waals surface area contributed by atoms with Crippen LogP contribution in [0, 0.1) is 29.6 Å². The smallest absolute Gasteiger partial charge is 0.133 e. The number of carbonyl (C=O) groups excluding carboxylic acids is 1. The van der Waals surface area contributed by atoms with E-state index in [0.29, 0.717) is 5.78 Å². The molecule has 0 bridgehead atoms. The fraction of sp³-hybridized carbons (Fsp3) is 0.957. The van der Waals surface area contributed by atoms with Crippen molar-refractivity contribution in [3.05, 3.63) is 0 Å². The van der Waals surface area contributed by atoms with E-state index in [1.165, 1.54) is 89.9 Å². The Labute approximate surface area is 150 Å². The van der Waals surface area contributed by atoms with E-state index in [1.807, 2.05) is 0 Å². The third kappa shape index (κ3) is 5.09. The van der Waals surface area contributed by atoms with Crippen molar-refractivity contribution in [1.82, 2.24) is 0 Å². The van der Waals surface area contributed by atoms with Crippen molar-refractivity contribution in [1.29, 1.82) is 0 Å². The topological polar surface area (TPSA) is 17.1 Å². The molecule has 3 saturated carbocycles. The summed E-state index contributed by atoms with van der Waals surface area (Å²) in [6.45, 7) is 2.32. The van der Waals surface area contributed by atoms with Crippen LogP contribution in [0.5, 0.6) is 0 Å². The predicted octanol–water partition coefficient (Wildman–Crippen LogP) is 6.94. The van der Waals surface area contributed by atoms with Crippen molar-refractivity contribution >= 4 is 5.78 Å². The Morgan fingerprint density at radius 1 is 0.750 bits per heavy atom. The lowest BCUT2D eigenvalue weighted by molar-refractivity contribution is -0.122. The fourth-order valence-electron chi connectivity index (χ4n) is 6.18. The van der Waals surface area contributed by atoms with Crippen LogP contribution in [-0.2, 0) is 4.79 Å². The molecule has 0 heterocycles. The molecule has 24 heavy (non-hydrogen) atoms. The minimum atomic E-state index is 0.551. The summed E-state index contributed by atoms with van der Waals surface area (Å²) < 4.78 is 0. The van der Waals surface area contributed by atoms with Crippen molar-refractivity contribution in [2.75, 3.05) is 0 Å². The molecular weight excluding hydrogens is 292 g/mol. The Morgan fingerprint density at radius 3 is 1.92 bits per heavy atom. The van der Waals surface area contributed by atoms with E-state index in [2.05, 4.69) is 6.92 Å². The molecule has 3 rings (SSSR count). The highest BCUT2D eigenvalue weighted by Crippen LogP contribution is 2.45. The normalized spacial score (nSPS) is 38.2. The number of Topliss-reactive ketones (excluding diaryl/α,β-unsaturated/α-hetero) is 1. The van der Waals surface area contributed by atoms with Gasteiger partial charge in [-0.3, -0.25) is 4.79 Å². The van der Waals surface area contributed by atoms with Gasteiger partial charge < -0.3 is 0 Å². The van der Waals surface area contributed by atoms with E-state index in [9.17, 15) is 4.79 Å². The summed E-state index contributed by atoms with van der Waals surface area (Å²) in [6, 6.07) is 0. The van der Waals surface area contributed by atoms with Crippen molar-refractivity contribution in [3.63, 3.8) is 0 Å². The molecular formula is C23H40O. The number of hydrogen-bond acceptors (Lipinski definition) is 1. The van der Waals surface area contributed by atoms with E-state index < -0.39 is 0 Å². The lowest BCUT2D eigenvalue weighted by atomic mass is 9.65. The van der Waals surface area contributed by atoms with Gasteiger partial charge in [0.25, 0.3) is 0 Å². The molecule has 0 amide bonds. The number of carbonyl (C=O) groups is 1. The van der Waals surface area contributed by atoms with Crippen LogP contribution in [-0.4, -0.2) is 5.78 Å². The zero-order chi connectivity index (χ0) is 16.8. The zero-order valence-electron chi connectivity index (χ0n) is 16.1. The predicted molar refractivity (Wildman–Crippen MR) is 102 cm³/mol. The summed E-state index contributed by atoms with van der Waals surface area (Å²) in [5, 5.41) is 0. The second-order valence-corrected chi connectivity index (χ2v) is 9.35. The van der Waals surface area contributed by atoms with Gasteiger partial charge >= 0.3 is 0 Å². The quantitative estimate of drug-likeness (QED) is 0.481. The van der Waals surface area contributed by atoms with Crippen LogP contribution in [0.25, 0.3) is 0 Å². The second kappa shape index (κ2) is 9.39. The van der Waals surface area contributed by atoms with E-state index in [-0.39, 0.29) is 0 Å². The molecule has 1 nitrogen and oxygen atoms in total. The molecule has 3 aliphatic carbocycles. The monoisotopic (exact) mass is 332 g/mol. The van der Waals surface area contributed by atoms with Crippen LogP contribution < -0.4 is 0 Å². The van der Waals surface area contributed by atoms with Crippen LogP contribution in [0.2, 0.25) is 0 Å². The van der Waals surface area contributed by atoms with Crippen molar-refractivity contribution in [3.8, 4) is 0 Å². The summed E-state index contributed by atoms with van der Waals surface area (Å²) in [7, 11) is 0. The maximum absolute atomic E-state index is 11.8. The minimum absolute atomic E-state index is 0.551. The molecule has 138 valence electrons. The van der Waals surface area contributed by atoms with Crippen LogP contribution in [0.4, 0.5) is 0 Å². The Hall–Kier alpha value is -0.330. The highest BCUT2D eigenvalue weighted by molar-refractivity contribution is 5.79. The van der Waals surface area contributed by atoms with Gasteiger partial charge in [-0.2, -0.15) is 0 Å². The third-order valence-electron chi connectivity index (χ3n) is 7.78. The molecule has 0 N–H and O–H groups in total. The standard InChI is InChI=1S/C23H40O/c1-2-3-4-6-18-9-11-19(12-10-18)20-13-15-21(16-14-20)22-7-5-8-23(24)17-22/h18-22H,2-17H2,1H3/t18-,19-,20-,21-,22?. The third-order valence-corrected chi connectivity index (χ3v) is 7.78. The first-order valence-electron chi connectivity index (χ1n) is 11.3. The summed E-state index contributed by atoms with van der Waals surface area (Å²) in [6.07, 6.45) is 22.0. The Kier molecular flexibility index (Phi) is 7.22. The van der Waals surface area contributed by atoms with Crippen LogP contribution in [0.3, 0.4) is 0 Å². The Morgan fingerprint density at radius 2 is 1.33 bits per heavy atom. The molecule has 0 spiro atoms. The van der Waals surface area contributed by atoms with Gasteiger partial charge in [0, 0.05) is 12.8 Å². The molecule has 0 aromatic carbocycles. The average Bonchev–Trinajstić information content (AvgIpc) is 2.63. The van der Waals surface area contributed by atoms with E-state index in [0.717, 1.165) is 42.4 Å². The Bertz CT molecular complexity index is 371. The summed E-state index contributed by atoms with van der Waals surface area (Å²) in [5.74, 6) is 5.31. The molecule has 3 aliphatic rings. The van der Waals surface area contributed by atoms with E-state index in [4.69, 9.17) is 0 Å². The van der Waals surface area contributed by atoms with Crippen molar-refractivity contribution in [2.45, 2.75) is 110 Å². The van der Waals surface area contributed by atoms with Crippen LogP contribution in [0.15, 0.2) is 0 Å². The van der Waals surface area contributed by atoms with Gasteiger partial charge in [-0.1, -0.05) is 45.4 Å². The first-order chi connectivity index (χ1) is 11.8. The van der Waals surface area contributed by atoms with Crippen molar-refractivity contribution < 1.29 is 4.79 Å². The van der Waals surface area contributed by atoms with Gasteiger partial charge in [-0.25, -0.2) is 0 Å². The highest BCUT2D eigenvalue weighted by Gasteiger charge is 2.34. The van der Waals surface area contributed by atoms with E-state index in [1.54, 1.807) is 0 Å². The van der Waals surface area contributed by atoms with Gasteiger partial charge in [0.05, 0.1) is 0 Å². The summed E-state index contributed by atoms with van der Waals surface area (Å²) >= 11 is 0. The second-order valence-electron chi connectivity index (χ2n) is 9.35. The van der Waals surface area contributed by atoms with Gasteiger partial charge in [-0.15, -0.1) is 0 Å².